The van der Waals surface area contributed by atoms with Crippen LogP contribution in [0, 0.1) is 0 Å². The molecule has 0 atom stereocenters. The highest BCUT2D eigenvalue weighted by molar-refractivity contribution is 7.92. The quantitative estimate of drug-likeness (QED) is 0.802. The minimum absolute atomic E-state index is 0.151. The molecule has 0 bridgehead atoms. The number of anilines is 1. The lowest BCUT2D eigenvalue weighted by molar-refractivity contribution is 0.601. The van der Waals surface area contributed by atoms with Gasteiger partial charge < -0.3 is 10.7 Å². The van der Waals surface area contributed by atoms with Gasteiger partial charge in [-0.1, -0.05) is 11.6 Å². The standard InChI is InChI=1S/C11H12ClN3O2S/c12-8-1-3-9(4-2-8)15-18(16,17)11-5-10(6-13)14-7-11/h1-5,7,14-15H,6,13H2. The first-order chi connectivity index (χ1) is 8.51. The number of H-pyrrole nitrogens is 1. The van der Waals surface area contributed by atoms with E-state index in [-0.39, 0.29) is 11.4 Å². The van der Waals surface area contributed by atoms with Crippen molar-refractivity contribution in [3.05, 3.63) is 47.2 Å². The second-order valence-corrected chi connectivity index (χ2v) is 5.80. The number of nitrogens with one attached hydrogen (secondary N) is 2. The zero-order valence-corrected chi connectivity index (χ0v) is 10.9. The van der Waals surface area contributed by atoms with Crippen molar-refractivity contribution in [2.75, 3.05) is 4.72 Å². The van der Waals surface area contributed by atoms with Crippen LogP contribution in [0.5, 0.6) is 0 Å². The fourth-order valence-electron chi connectivity index (χ4n) is 1.42. The zero-order chi connectivity index (χ0) is 13.2. The summed E-state index contributed by atoms with van der Waals surface area (Å²) in [5.74, 6) is 0. The summed E-state index contributed by atoms with van der Waals surface area (Å²) >= 11 is 5.73. The maximum Gasteiger partial charge on any atom is 0.263 e. The number of nitrogens with two attached hydrogens (primary N) is 1. The summed E-state index contributed by atoms with van der Waals surface area (Å²) in [4.78, 5) is 2.94. The van der Waals surface area contributed by atoms with Crippen molar-refractivity contribution in [1.82, 2.24) is 4.98 Å². The lowest BCUT2D eigenvalue weighted by atomic mass is 10.3. The normalized spacial score (nSPS) is 11.4. The van der Waals surface area contributed by atoms with Crippen molar-refractivity contribution in [3.63, 3.8) is 0 Å². The highest BCUT2D eigenvalue weighted by atomic mass is 35.5. The van der Waals surface area contributed by atoms with E-state index >= 15 is 0 Å². The number of hydrogen-bond donors (Lipinski definition) is 3. The Kier molecular flexibility index (Phi) is 3.60. The van der Waals surface area contributed by atoms with Gasteiger partial charge in [-0.25, -0.2) is 8.42 Å². The average molecular weight is 286 g/mol. The van der Waals surface area contributed by atoms with E-state index in [1.54, 1.807) is 24.3 Å². The Bertz CT molecular complexity index is 635. The summed E-state index contributed by atoms with van der Waals surface area (Å²) in [6.07, 6.45) is 1.40. The first-order valence-electron chi connectivity index (χ1n) is 5.17. The van der Waals surface area contributed by atoms with Gasteiger partial charge in [0.1, 0.15) is 4.90 Å². The third kappa shape index (κ3) is 2.84. The van der Waals surface area contributed by atoms with Gasteiger partial charge in [-0.05, 0) is 30.3 Å². The van der Waals surface area contributed by atoms with Crippen LogP contribution >= 0.6 is 11.6 Å². The van der Waals surface area contributed by atoms with E-state index < -0.39 is 10.0 Å². The number of aromatic amines is 1. The SMILES string of the molecule is NCc1cc(S(=O)(=O)Nc2ccc(Cl)cc2)c[nH]1. The van der Waals surface area contributed by atoms with E-state index in [1.807, 2.05) is 0 Å². The molecule has 0 spiro atoms. The molecule has 1 aromatic heterocycles. The van der Waals surface area contributed by atoms with Crippen molar-refractivity contribution < 1.29 is 8.42 Å². The van der Waals surface area contributed by atoms with Gasteiger partial charge in [0.15, 0.2) is 0 Å². The number of aromatic nitrogens is 1. The molecule has 4 N–H and O–H groups in total. The van der Waals surface area contributed by atoms with E-state index in [0.717, 1.165) is 0 Å². The third-order valence-corrected chi connectivity index (χ3v) is 3.96. The lowest BCUT2D eigenvalue weighted by Gasteiger charge is -2.05. The Labute approximate surface area is 110 Å². The Morgan fingerprint density at radius 1 is 1.28 bits per heavy atom. The summed E-state index contributed by atoms with van der Waals surface area (Å²) in [5.41, 5.74) is 6.53. The molecule has 5 nitrogen and oxygen atoms in total. The van der Waals surface area contributed by atoms with Crippen LogP contribution in [0.15, 0.2) is 41.4 Å². The molecular formula is C11H12ClN3O2S. The van der Waals surface area contributed by atoms with E-state index in [1.165, 1.54) is 12.3 Å². The van der Waals surface area contributed by atoms with E-state index in [9.17, 15) is 8.42 Å². The molecule has 2 aromatic rings. The number of hydrogen-bond acceptors (Lipinski definition) is 3. The number of halogens is 1. The number of sulfonamides is 1. The molecule has 0 radical (unpaired) electrons. The summed E-state index contributed by atoms with van der Waals surface area (Å²) in [6.45, 7) is 0.260. The predicted molar refractivity (Wildman–Crippen MR) is 70.9 cm³/mol. The molecule has 1 heterocycles. The zero-order valence-electron chi connectivity index (χ0n) is 9.35. The van der Waals surface area contributed by atoms with Crippen molar-refractivity contribution in [2.24, 2.45) is 5.73 Å². The molecule has 18 heavy (non-hydrogen) atoms. The molecule has 0 aliphatic heterocycles. The second-order valence-electron chi connectivity index (χ2n) is 3.68. The smallest absolute Gasteiger partial charge is 0.263 e. The minimum Gasteiger partial charge on any atom is -0.363 e. The van der Waals surface area contributed by atoms with Crippen molar-refractivity contribution in [3.8, 4) is 0 Å². The third-order valence-electron chi connectivity index (χ3n) is 2.34. The van der Waals surface area contributed by atoms with Gasteiger partial charge in [0.05, 0.1) is 0 Å². The lowest BCUT2D eigenvalue weighted by Crippen LogP contribution is -2.12. The molecule has 1 aromatic carbocycles. The van der Waals surface area contributed by atoms with Gasteiger partial charge in [0.25, 0.3) is 10.0 Å². The first-order valence-corrected chi connectivity index (χ1v) is 7.03. The topological polar surface area (TPSA) is 88.0 Å². The van der Waals surface area contributed by atoms with Gasteiger partial charge in [0, 0.05) is 29.1 Å². The minimum atomic E-state index is -3.60. The summed E-state index contributed by atoms with van der Waals surface area (Å²) in [7, 11) is -3.60. The van der Waals surface area contributed by atoms with Crippen molar-refractivity contribution >= 4 is 27.3 Å². The molecular weight excluding hydrogens is 274 g/mol. The molecule has 0 saturated heterocycles. The summed E-state index contributed by atoms with van der Waals surface area (Å²) < 4.78 is 26.5. The fourth-order valence-corrected chi connectivity index (χ4v) is 2.63. The van der Waals surface area contributed by atoms with E-state index in [4.69, 9.17) is 17.3 Å². The molecule has 96 valence electrons. The van der Waals surface area contributed by atoms with Gasteiger partial charge >= 0.3 is 0 Å². The molecule has 0 saturated carbocycles. The Balaban J connectivity index is 2.24. The summed E-state index contributed by atoms with van der Waals surface area (Å²) in [5, 5.41) is 0.546. The van der Waals surface area contributed by atoms with Crippen LogP contribution in [0.25, 0.3) is 0 Å². The Hall–Kier alpha value is -1.50. The average Bonchev–Trinajstić information content (AvgIpc) is 2.81. The number of rotatable bonds is 4. The van der Waals surface area contributed by atoms with Crippen LogP contribution in [0.3, 0.4) is 0 Å². The van der Waals surface area contributed by atoms with Gasteiger partial charge in [0.2, 0.25) is 0 Å². The Morgan fingerprint density at radius 3 is 2.50 bits per heavy atom. The van der Waals surface area contributed by atoms with Crippen LogP contribution < -0.4 is 10.5 Å². The molecule has 0 aliphatic rings. The van der Waals surface area contributed by atoms with E-state index in [2.05, 4.69) is 9.71 Å². The van der Waals surface area contributed by atoms with E-state index in [0.29, 0.717) is 16.4 Å². The largest absolute Gasteiger partial charge is 0.363 e. The summed E-state index contributed by atoms with van der Waals surface area (Å²) in [6, 6.07) is 7.91. The molecule has 0 aliphatic carbocycles. The molecule has 7 heteroatoms. The van der Waals surface area contributed by atoms with Crippen LogP contribution in [-0.2, 0) is 16.6 Å². The monoisotopic (exact) mass is 285 g/mol. The predicted octanol–water partition coefficient (Wildman–Crippen LogP) is 1.93. The number of benzene rings is 1. The molecule has 0 amide bonds. The Morgan fingerprint density at radius 2 is 1.94 bits per heavy atom. The highest BCUT2D eigenvalue weighted by Crippen LogP contribution is 2.18. The maximum absolute atomic E-state index is 12.0. The van der Waals surface area contributed by atoms with Gasteiger partial charge in [-0.15, -0.1) is 0 Å². The van der Waals surface area contributed by atoms with Crippen molar-refractivity contribution in [1.29, 1.82) is 0 Å². The molecule has 0 unspecified atom stereocenters. The first kappa shape index (κ1) is 12.9. The van der Waals surface area contributed by atoms with Crippen LogP contribution in [0.4, 0.5) is 5.69 Å². The maximum atomic E-state index is 12.0. The van der Waals surface area contributed by atoms with Crippen LogP contribution in [0.1, 0.15) is 5.69 Å². The fraction of sp³-hybridized carbons (Fsp3) is 0.0909. The molecule has 2 rings (SSSR count). The van der Waals surface area contributed by atoms with Crippen molar-refractivity contribution in [2.45, 2.75) is 11.4 Å². The molecule has 0 fully saturated rings. The van der Waals surface area contributed by atoms with Gasteiger partial charge in [-0.2, -0.15) is 0 Å². The van der Waals surface area contributed by atoms with Crippen LogP contribution in [0.2, 0.25) is 5.02 Å². The highest BCUT2D eigenvalue weighted by Gasteiger charge is 2.15. The van der Waals surface area contributed by atoms with Gasteiger partial charge in [-0.3, -0.25) is 4.72 Å². The van der Waals surface area contributed by atoms with Crippen LogP contribution in [-0.4, -0.2) is 13.4 Å². The second kappa shape index (κ2) is 5.01.